The number of hydrogen-bond acceptors (Lipinski definition) is 4. The molecule has 0 bridgehead atoms. The average Bonchev–Trinajstić information content (AvgIpc) is 3.04. The normalized spacial score (nSPS) is 18.5. The standard InChI is InChI=1S/C18H22N4O3S/c19-18(20)22-7-3-4-11(9-22)16(23)21-14(17(24)25)8-12-10-26-15-6-2-1-5-13(12)15/h1-2,5-6,10-11,14H,3-4,7-9H2,(H3,19,20)(H,21,23)(H,24,25)/t11-,14+/m1/s1. The van der Waals surface area contributed by atoms with Gasteiger partial charge in [0.1, 0.15) is 6.04 Å². The first-order valence-corrected chi connectivity index (χ1v) is 9.41. The maximum Gasteiger partial charge on any atom is 0.326 e. The Balaban J connectivity index is 1.69. The number of carbonyl (C=O) groups is 2. The lowest BCUT2D eigenvalue weighted by Crippen LogP contribution is -2.51. The summed E-state index contributed by atoms with van der Waals surface area (Å²) in [5, 5.41) is 22.7. The summed E-state index contributed by atoms with van der Waals surface area (Å²) in [4.78, 5) is 25.9. The number of aliphatic carboxylic acids is 1. The number of nitrogens with one attached hydrogen (secondary N) is 2. The van der Waals surface area contributed by atoms with Gasteiger partial charge in [-0.3, -0.25) is 10.2 Å². The number of rotatable bonds is 5. The maximum absolute atomic E-state index is 12.6. The molecule has 1 saturated heterocycles. The summed E-state index contributed by atoms with van der Waals surface area (Å²) in [7, 11) is 0. The summed E-state index contributed by atoms with van der Waals surface area (Å²) in [6.45, 7) is 1.01. The van der Waals surface area contributed by atoms with E-state index in [1.165, 1.54) is 0 Å². The zero-order valence-corrected chi connectivity index (χ0v) is 15.1. The summed E-state index contributed by atoms with van der Waals surface area (Å²) >= 11 is 1.57. The van der Waals surface area contributed by atoms with Gasteiger partial charge in [-0.2, -0.15) is 0 Å². The molecule has 1 aliphatic heterocycles. The van der Waals surface area contributed by atoms with Crippen molar-refractivity contribution in [3.8, 4) is 0 Å². The third-order valence-electron chi connectivity index (χ3n) is 4.73. The Morgan fingerprint density at radius 1 is 1.42 bits per heavy atom. The van der Waals surface area contributed by atoms with E-state index < -0.39 is 12.0 Å². The second kappa shape index (κ2) is 7.74. The third-order valence-corrected chi connectivity index (χ3v) is 5.74. The minimum atomic E-state index is -1.05. The van der Waals surface area contributed by atoms with Crippen LogP contribution in [0.4, 0.5) is 0 Å². The van der Waals surface area contributed by atoms with Crippen LogP contribution < -0.4 is 11.1 Å². The molecule has 3 rings (SSSR count). The highest BCUT2D eigenvalue weighted by molar-refractivity contribution is 7.17. The van der Waals surface area contributed by atoms with Crippen LogP contribution in [0.5, 0.6) is 0 Å². The van der Waals surface area contributed by atoms with Gasteiger partial charge in [-0.1, -0.05) is 18.2 Å². The molecule has 0 spiro atoms. The van der Waals surface area contributed by atoms with Gasteiger partial charge in [-0.15, -0.1) is 11.3 Å². The molecule has 1 aromatic heterocycles. The monoisotopic (exact) mass is 374 g/mol. The van der Waals surface area contributed by atoms with Gasteiger partial charge in [0, 0.05) is 24.2 Å². The van der Waals surface area contributed by atoms with Crippen molar-refractivity contribution in [2.75, 3.05) is 13.1 Å². The molecule has 0 aliphatic carbocycles. The number of amides is 1. The van der Waals surface area contributed by atoms with Crippen LogP contribution in [0.1, 0.15) is 18.4 Å². The number of carbonyl (C=O) groups excluding carboxylic acids is 1. The van der Waals surface area contributed by atoms with Crippen molar-refractivity contribution in [3.63, 3.8) is 0 Å². The first kappa shape index (κ1) is 18.2. The molecule has 8 heteroatoms. The van der Waals surface area contributed by atoms with Crippen molar-refractivity contribution in [2.24, 2.45) is 11.7 Å². The van der Waals surface area contributed by atoms with Gasteiger partial charge >= 0.3 is 5.97 Å². The predicted molar refractivity (Wildman–Crippen MR) is 101 cm³/mol. The van der Waals surface area contributed by atoms with Crippen molar-refractivity contribution in [2.45, 2.75) is 25.3 Å². The zero-order chi connectivity index (χ0) is 18.7. The molecular formula is C18H22N4O3S. The number of nitrogens with zero attached hydrogens (tertiary/aromatic N) is 1. The molecule has 0 radical (unpaired) electrons. The fourth-order valence-electron chi connectivity index (χ4n) is 3.31. The smallest absolute Gasteiger partial charge is 0.326 e. The summed E-state index contributed by atoms with van der Waals surface area (Å²) in [6.07, 6.45) is 1.67. The molecule has 1 amide bonds. The van der Waals surface area contributed by atoms with E-state index in [4.69, 9.17) is 11.1 Å². The second-order valence-electron chi connectivity index (χ2n) is 6.53. The molecule has 0 unspecified atom stereocenters. The molecule has 2 atom stereocenters. The van der Waals surface area contributed by atoms with E-state index in [0.29, 0.717) is 19.5 Å². The highest BCUT2D eigenvalue weighted by Crippen LogP contribution is 2.26. The molecule has 26 heavy (non-hydrogen) atoms. The van der Waals surface area contributed by atoms with E-state index in [1.54, 1.807) is 16.2 Å². The number of benzene rings is 1. The van der Waals surface area contributed by atoms with Gasteiger partial charge in [0.2, 0.25) is 5.91 Å². The highest BCUT2D eigenvalue weighted by atomic mass is 32.1. The number of carboxylic acids is 1. The van der Waals surface area contributed by atoms with Crippen LogP contribution in [0, 0.1) is 11.3 Å². The van der Waals surface area contributed by atoms with E-state index in [0.717, 1.165) is 22.1 Å². The number of fused-ring (bicyclic) bond motifs is 1. The van der Waals surface area contributed by atoms with Crippen LogP contribution in [-0.4, -0.2) is 47.0 Å². The molecule has 138 valence electrons. The first-order chi connectivity index (χ1) is 12.5. The van der Waals surface area contributed by atoms with Gasteiger partial charge in [-0.25, -0.2) is 4.79 Å². The maximum atomic E-state index is 12.6. The number of piperidine rings is 1. The number of hydrogen-bond donors (Lipinski definition) is 4. The molecule has 1 aromatic carbocycles. The number of likely N-dealkylation sites (tertiary alicyclic amines) is 1. The van der Waals surface area contributed by atoms with E-state index in [1.807, 2.05) is 29.6 Å². The summed E-state index contributed by atoms with van der Waals surface area (Å²) in [5.74, 6) is -1.74. The van der Waals surface area contributed by atoms with Gasteiger partial charge < -0.3 is 21.1 Å². The zero-order valence-electron chi connectivity index (χ0n) is 14.3. The highest BCUT2D eigenvalue weighted by Gasteiger charge is 2.30. The number of thiophene rings is 1. The molecule has 1 aliphatic rings. The van der Waals surface area contributed by atoms with Crippen LogP contribution in [0.25, 0.3) is 10.1 Å². The van der Waals surface area contributed by atoms with Crippen LogP contribution >= 0.6 is 11.3 Å². The summed E-state index contributed by atoms with van der Waals surface area (Å²) in [6, 6.07) is 6.85. The van der Waals surface area contributed by atoms with Crippen molar-refractivity contribution in [1.82, 2.24) is 10.2 Å². The van der Waals surface area contributed by atoms with Gasteiger partial charge in [0.15, 0.2) is 5.96 Å². The summed E-state index contributed by atoms with van der Waals surface area (Å²) in [5.41, 5.74) is 6.43. The topological polar surface area (TPSA) is 120 Å². The largest absolute Gasteiger partial charge is 0.480 e. The fourth-order valence-corrected chi connectivity index (χ4v) is 4.29. The fraction of sp³-hybridized carbons (Fsp3) is 0.389. The molecule has 5 N–H and O–H groups in total. The van der Waals surface area contributed by atoms with E-state index in [2.05, 4.69) is 5.32 Å². The lowest BCUT2D eigenvalue weighted by atomic mass is 9.96. The Morgan fingerprint density at radius 2 is 2.19 bits per heavy atom. The Labute approximate surface area is 155 Å². The Bertz CT molecular complexity index is 835. The number of carboxylic acid groups (broad SMARTS) is 1. The molecule has 1 fully saturated rings. The third kappa shape index (κ3) is 3.96. The molecule has 7 nitrogen and oxygen atoms in total. The molecule has 2 heterocycles. The Hall–Kier alpha value is -2.61. The predicted octanol–water partition coefficient (Wildman–Crippen LogP) is 1.62. The SMILES string of the molecule is N=C(N)N1CCC[C@@H](C(=O)N[C@@H](Cc2csc3ccccc23)C(=O)O)C1. The Morgan fingerprint density at radius 3 is 2.92 bits per heavy atom. The van der Waals surface area contributed by atoms with Crippen molar-refractivity contribution >= 4 is 39.3 Å². The van der Waals surface area contributed by atoms with Crippen LogP contribution in [0.3, 0.4) is 0 Å². The quantitative estimate of drug-likeness (QED) is 0.468. The first-order valence-electron chi connectivity index (χ1n) is 8.53. The van der Waals surface area contributed by atoms with Crippen LogP contribution in [0.15, 0.2) is 29.6 Å². The average molecular weight is 374 g/mol. The molecule has 0 saturated carbocycles. The van der Waals surface area contributed by atoms with Gasteiger partial charge in [0.05, 0.1) is 5.92 Å². The van der Waals surface area contributed by atoms with Gasteiger partial charge in [0.25, 0.3) is 0 Å². The molecule has 2 aromatic rings. The van der Waals surface area contributed by atoms with Crippen LogP contribution in [0.2, 0.25) is 0 Å². The minimum absolute atomic E-state index is 0.0537. The van der Waals surface area contributed by atoms with Crippen molar-refractivity contribution in [1.29, 1.82) is 5.41 Å². The molecular weight excluding hydrogens is 352 g/mol. The number of nitrogens with two attached hydrogens (primary N) is 1. The minimum Gasteiger partial charge on any atom is -0.480 e. The van der Waals surface area contributed by atoms with Crippen molar-refractivity contribution in [3.05, 3.63) is 35.2 Å². The van der Waals surface area contributed by atoms with E-state index in [-0.39, 0.29) is 24.2 Å². The Kier molecular flexibility index (Phi) is 5.41. The van der Waals surface area contributed by atoms with E-state index >= 15 is 0 Å². The number of guanidine groups is 1. The lowest BCUT2D eigenvalue weighted by Gasteiger charge is -2.32. The second-order valence-corrected chi connectivity index (χ2v) is 7.44. The lowest BCUT2D eigenvalue weighted by molar-refractivity contribution is -0.142. The summed E-state index contributed by atoms with van der Waals surface area (Å²) < 4.78 is 1.10. The van der Waals surface area contributed by atoms with E-state index in [9.17, 15) is 14.7 Å². The van der Waals surface area contributed by atoms with Gasteiger partial charge in [-0.05, 0) is 35.2 Å². The van der Waals surface area contributed by atoms with Crippen molar-refractivity contribution < 1.29 is 14.7 Å². The van der Waals surface area contributed by atoms with Crippen LogP contribution in [-0.2, 0) is 16.0 Å².